The molecule has 4 nitrogen and oxygen atoms in total. The molecule has 0 bridgehead atoms. The average Bonchev–Trinajstić information content (AvgIpc) is 2.96. The highest BCUT2D eigenvalue weighted by atomic mass is 16.5. The van der Waals surface area contributed by atoms with Crippen molar-refractivity contribution in [2.24, 2.45) is 11.7 Å². The van der Waals surface area contributed by atoms with E-state index in [-0.39, 0.29) is 5.91 Å². The van der Waals surface area contributed by atoms with Crippen LogP contribution >= 0.6 is 0 Å². The topological polar surface area (TPSA) is 55.6 Å². The minimum atomic E-state index is 0.231. The second-order valence-corrected chi connectivity index (χ2v) is 5.93. The summed E-state index contributed by atoms with van der Waals surface area (Å²) in [4.78, 5) is 14.0. The number of rotatable bonds is 6. The number of benzene rings is 1. The first-order valence-electron chi connectivity index (χ1n) is 7.78. The molecule has 2 N–H and O–H groups in total. The highest BCUT2D eigenvalue weighted by Crippen LogP contribution is 2.18. The molecule has 1 aromatic rings. The van der Waals surface area contributed by atoms with E-state index in [4.69, 9.17) is 10.5 Å². The van der Waals surface area contributed by atoms with Gasteiger partial charge in [0.15, 0.2) is 0 Å². The maximum atomic E-state index is 12.0. The quantitative estimate of drug-likeness (QED) is 0.818. The Morgan fingerprint density at radius 3 is 2.86 bits per heavy atom. The Hall–Kier alpha value is -1.55. The van der Waals surface area contributed by atoms with Crippen molar-refractivity contribution < 1.29 is 9.53 Å². The van der Waals surface area contributed by atoms with Gasteiger partial charge in [-0.25, -0.2) is 0 Å². The Labute approximate surface area is 127 Å². The maximum Gasteiger partial charge on any atom is 0.222 e. The fraction of sp³-hybridized carbons (Fsp3) is 0.588. The summed E-state index contributed by atoms with van der Waals surface area (Å²) in [7, 11) is 0. The van der Waals surface area contributed by atoms with E-state index in [0.717, 1.165) is 31.7 Å². The molecule has 0 radical (unpaired) electrons. The van der Waals surface area contributed by atoms with Crippen LogP contribution in [0.5, 0.6) is 5.75 Å². The predicted molar refractivity (Wildman–Crippen MR) is 84.4 cm³/mol. The largest absolute Gasteiger partial charge is 0.494 e. The zero-order chi connectivity index (χ0) is 15.2. The predicted octanol–water partition coefficient (Wildman–Crippen LogP) is 2.27. The van der Waals surface area contributed by atoms with E-state index in [1.54, 1.807) is 0 Å². The average molecular weight is 290 g/mol. The Kier molecular flexibility index (Phi) is 5.62. The van der Waals surface area contributed by atoms with E-state index < -0.39 is 0 Å². The molecule has 0 spiro atoms. The van der Waals surface area contributed by atoms with Gasteiger partial charge in [-0.15, -0.1) is 0 Å². The minimum Gasteiger partial charge on any atom is -0.494 e. The summed E-state index contributed by atoms with van der Waals surface area (Å²) in [6.45, 7) is 7.11. The third kappa shape index (κ3) is 4.46. The van der Waals surface area contributed by atoms with Crippen molar-refractivity contribution in [1.29, 1.82) is 0 Å². The molecule has 21 heavy (non-hydrogen) atoms. The van der Waals surface area contributed by atoms with Crippen LogP contribution in [0.1, 0.15) is 30.4 Å². The van der Waals surface area contributed by atoms with Crippen LogP contribution in [0.3, 0.4) is 0 Å². The molecule has 1 saturated heterocycles. The fourth-order valence-corrected chi connectivity index (χ4v) is 2.63. The molecule has 1 aromatic carbocycles. The van der Waals surface area contributed by atoms with Crippen molar-refractivity contribution in [1.82, 2.24) is 4.90 Å². The van der Waals surface area contributed by atoms with Gasteiger partial charge < -0.3 is 15.4 Å². The molecule has 116 valence electrons. The molecule has 1 amide bonds. The van der Waals surface area contributed by atoms with Crippen LogP contribution < -0.4 is 10.5 Å². The first kappa shape index (κ1) is 15.8. The number of nitrogens with two attached hydrogens (primary N) is 1. The second kappa shape index (κ2) is 7.46. The molecular weight excluding hydrogens is 264 g/mol. The Morgan fingerprint density at radius 1 is 1.38 bits per heavy atom. The van der Waals surface area contributed by atoms with Gasteiger partial charge in [0.2, 0.25) is 5.91 Å². The van der Waals surface area contributed by atoms with Crippen molar-refractivity contribution in [3.8, 4) is 5.75 Å². The van der Waals surface area contributed by atoms with Crippen molar-refractivity contribution in [2.75, 3.05) is 26.2 Å². The molecule has 0 aromatic heterocycles. The van der Waals surface area contributed by atoms with Gasteiger partial charge in [0, 0.05) is 19.5 Å². The van der Waals surface area contributed by atoms with Crippen LogP contribution in [0.4, 0.5) is 0 Å². The number of amides is 1. The Morgan fingerprint density at radius 2 is 2.19 bits per heavy atom. The van der Waals surface area contributed by atoms with Gasteiger partial charge in [0.1, 0.15) is 5.75 Å². The summed E-state index contributed by atoms with van der Waals surface area (Å²) in [5, 5.41) is 0. The summed E-state index contributed by atoms with van der Waals surface area (Å²) in [6, 6.07) is 6.09. The minimum absolute atomic E-state index is 0.231. The molecule has 0 aliphatic carbocycles. The second-order valence-electron chi connectivity index (χ2n) is 5.93. The van der Waals surface area contributed by atoms with E-state index in [1.807, 2.05) is 17.0 Å². The number of carbonyl (C=O) groups excluding carboxylic acids is 1. The molecule has 4 heteroatoms. The monoisotopic (exact) mass is 290 g/mol. The lowest BCUT2D eigenvalue weighted by molar-refractivity contribution is -0.130. The van der Waals surface area contributed by atoms with Crippen molar-refractivity contribution >= 4 is 5.91 Å². The molecule has 2 rings (SSSR count). The lowest BCUT2D eigenvalue weighted by atomic mass is 10.1. The van der Waals surface area contributed by atoms with Crippen LogP contribution in [0.2, 0.25) is 0 Å². The Bertz CT molecular complexity index is 488. The van der Waals surface area contributed by atoms with E-state index >= 15 is 0 Å². The van der Waals surface area contributed by atoms with Crippen LogP contribution in [0, 0.1) is 19.8 Å². The molecule has 1 aliphatic heterocycles. The highest BCUT2D eigenvalue weighted by molar-refractivity contribution is 5.76. The summed E-state index contributed by atoms with van der Waals surface area (Å²) >= 11 is 0. The van der Waals surface area contributed by atoms with E-state index in [2.05, 4.69) is 19.9 Å². The zero-order valence-corrected chi connectivity index (χ0v) is 13.1. The molecule has 1 aliphatic rings. The molecule has 1 fully saturated rings. The first-order valence-corrected chi connectivity index (χ1v) is 7.78. The fourth-order valence-electron chi connectivity index (χ4n) is 2.63. The smallest absolute Gasteiger partial charge is 0.222 e. The van der Waals surface area contributed by atoms with Gasteiger partial charge in [-0.1, -0.05) is 6.07 Å². The maximum absolute atomic E-state index is 12.0. The van der Waals surface area contributed by atoms with Gasteiger partial charge in [-0.2, -0.15) is 0 Å². The molecule has 0 saturated carbocycles. The summed E-state index contributed by atoms with van der Waals surface area (Å²) in [6.07, 6.45) is 2.36. The van der Waals surface area contributed by atoms with Crippen LogP contribution in [-0.4, -0.2) is 37.0 Å². The molecule has 1 atom stereocenters. The van der Waals surface area contributed by atoms with Gasteiger partial charge >= 0.3 is 0 Å². The number of carbonyl (C=O) groups is 1. The lowest BCUT2D eigenvalue weighted by Crippen LogP contribution is -2.29. The van der Waals surface area contributed by atoms with E-state index in [1.165, 1.54) is 11.1 Å². The Balaban J connectivity index is 1.67. The number of aryl methyl sites for hydroxylation is 2. The normalized spacial score (nSPS) is 18.0. The van der Waals surface area contributed by atoms with Gasteiger partial charge in [0.25, 0.3) is 0 Å². The standard InChI is InChI=1S/C17H26N2O2/c1-13-5-6-16(10-14(13)2)21-9-3-4-17(20)19-8-7-15(11-18)12-19/h5-6,10,15H,3-4,7-9,11-12,18H2,1-2H3/t15-/m0/s1. The highest BCUT2D eigenvalue weighted by Gasteiger charge is 2.24. The van der Waals surface area contributed by atoms with E-state index in [9.17, 15) is 4.79 Å². The summed E-state index contributed by atoms with van der Waals surface area (Å²) in [5.74, 6) is 1.60. The van der Waals surface area contributed by atoms with Crippen molar-refractivity contribution in [3.05, 3.63) is 29.3 Å². The van der Waals surface area contributed by atoms with Gasteiger partial charge in [-0.05, 0) is 62.4 Å². The number of likely N-dealkylation sites (tertiary alicyclic amines) is 1. The van der Waals surface area contributed by atoms with E-state index in [0.29, 0.717) is 25.5 Å². The van der Waals surface area contributed by atoms with Crippen molar-refractivity contribution in [3.63, 3.8) is 0 Å². The first-order chi connectivity index (χ1) is 10.1. The number of ether oxygens (including phenoxy) is 1. The summed E-state index contributed by atoms with van der Waals surface area (Å²) in [5.41, 5.74) is 8.14. The van der Waals surface area contributed by atoms with Gasteiger partial charge in [0.05, 0.1) is 6.61 Å². The third-order valence-electron chi connectivity index (χ3n) is 4.25. The molecule has 0 unspecified atom stereocenters. The SMILES string of the molecule is Cc1ccc(OCCCC(=O)N2CC[C@@H](CN)C2)cc1C. The van der Waals surface area contributed by atoms with Gasteiger partial charge in [-0.3, -0.25) is 4.79 Å². The third-order valence-corrected chi connectivity index (χ3v) is 4.25. The molecular formula is C17H26N2O2. The summed E-state index contributed by atoms with van der Waals surface area (Å²) < 4.78 is 5.71. The number of hydrogen-bond donors (Lipinski definition) is 1. The van der Waals surface area contributed by atoms with Crippen LogP contribution in [0.25, 0.3) is 0 Å². The van der Waals surface area contributed by atoms with Crippen molar-refractivity contribution in [2.45, 2.75) is 33.1 Å². The zero-order valence-electron chi connectivity index (χ0n) is 13.1. The molecule has 1 heterocycles. The number of hydrogen-bond acceptors (Lipinski definition) is 3. The van der Waals surface area contributed by atoms with Crippen LogP contribution in [-0.2, 0) is 4.79 Å². The van der Waals surface area contributed by atoms with Crippen LogP contribution in [0.15, 0.2) is 18.2 Å². The lowest BCUT2D eigenvalue weighted by Gasteiger charge is -2.16. The number of nitrogens with zero attached hydrogens (tertiary/aromatic N) is 1.